The molecule has 6 unspecified atom stereocenters. The molecule has 33 heavy (non-hydrogen) atoms. The zero-order chi connectivity index (χ0) is 23.8. The first-order valence-electron chi connectivity index (χ1n) is 12.3. The molecular formula is C25H34N4O4. The summed E-state index contributed by atoms with van der Waals surface area (Å²) < 4.78 is 0. The van der Waals surface area contributed by atoms with Crippen molar-refractivity contribution in [3.05, 3.63) is 0 Å². The minimum absolute atomic E-state index is 0.000763. The van der Waals surface area contributed by atoms with Gasteiger partial charge in [-0.1, -0.05) is 13.8 Å². The second-order valence-corrected chi connectivity index (χ2v) is 10.5. The van der Waals surface area contributed by atoms with E-state index in [0.29, 0.717) is 37.5 Å². The molecule has 8 heteroatoms. The molecule has 3 rings (SSSR count). The third-order valence-electron chi connectivity index (χ3n) is 8.73. The Morgan fingerprint density at radius 3 is 1.55 bits per heavy atom. The van der Waals surface area contributed by atoms with E-state index in [0.717, 1.165) is 38.5 Å². The molecule has 0 bridgehead atoms. The second-order valence-electron chi connectivity index (χ2n) is 10.5. The van der Waals surface area contributed by atoms with Crippen molar-refractivity contribution in [2.24, 2.45) is 49.6 Å². The summed E-state index contributed by atoms with van der Waals surface area (Å²) in [6.45, 7) is 4.27. The number of hydrogen-bond donors (Lipinski definition) is 0. The van der Waals surface area contributed by atoms with Gasteiger partial charge in [-0.15, -0.1) is 0 Å². The van der Waals surface area contributed by atoms with Crippen molar-refractivity contribution in [3.8, 4) is 0 Å². The van der Waals surface area contributed by atoms with Crippen molar-refractivity contribution in [2.45, 2.75) is 102 Å². The Labute approximate surface area is 195 Å². The van der Waals surface area contributed by atoms with Gasteiger partial charge in [-0.25, -0.2) is 34.2 Å². The van der Waals surface area contributed by atoms with Crippen LogP contribution in [0.4, 0.5) is 0 Å². The quantitative estimate of drug-likeness (QED) is 0.422. The van der Waals surface area contributed by atoms with E-state index in [4.69, 9.17) is 0 Å². The average molecular weight is 455 g/mol. The lowest BCUT2D eigenvalue weighted by atomic mass is 9.56. The summed E-state index contributed by atoms with van der Waals surface area (Å²) in [6, 6.07) is -0.0651. The fourth-order valence-electron chi connectivity index (χ4n) is 7.19. The number of nitrogens with zero attached hydrogens (tertiary/aromatic N) is 4. The minimum Gasteiger partial charge on any atom is -0.211 e. The van der Waals surface area contributed by atoms with Gasteiger partial charge in [0, 0.05) is 0 Å². The van der Waals surface area contributed by atoms with Gasteiger partial charge in [0.15, 0.2) is 0 Å². The molecule has 0 aliphatic heterocycles. The highest BCUT2D eigenvalue weighted by atomic mass is 16.1. The Morgan fingerprint density at radius 1 is 0.667 bits per heavy atom. The predicted octanol–water partition coefficient (Wildman–Crippen LogP) is 4.24. The lowest BCUT2D eigenvalue weighted by Crippen LogP contribution is -2.50. The lowest BCUT2D eigenvalue weighted by Gasteiger charge is -2.51. The molecule has 3 saturated carbocycles. The van der Waals surface area contributed by atoms with Crippen LogP contribution in [0, 0.1) is 29.6 Å². The van der Waals surface area contributed by atoms with Crippen LogP contribution in [0.5, 0.6) is 0 Å². The zero-order valence-electron chi connectivity index (χ0n) is 19.6. The first kappa shape index (κ1) is 25.1. The Bertz CT molecular complexity index is 831. The van der Waals surface area contributed by atoms with Crippen molar-refractivity contribution in [1.29, 1.82) is 0 Å². The van der Waals surface area contributed by atoms with Gasteiger partial charge in [0.1, 0.15) is 0 Å². The molecule has 0 aromatic heterocycles. The van der Waals surface area contributed by atoms with Crippen molar-refractivity contribution in [1.82, 2.24) is 0 Å². The number of carbonyl (C=O) groups excluding carboxylic acids is 4. The molecule has 0 aromatic rings. The molecule has 6 atom stereocenters. The van der Waals surface area contributed by atoms with Crippen LogP contribution < -0.4 is 0 Å². The largest absolute Gasteiger partial charge is 0.235 e. The van der Waals surface area contributed by atoms with Gasteiger partial charge in [-0.05, 0) is 93.8 Å². The van der Waals surface area contributed by atoms with Gasteiger partial charge in [0.25, 0.3) is 0 Å². The molecule has 178 valence electrons. The van der Waals surface area contributed by atoms with Crippen molar-refractivity contribution >= 4 is 24.3 Å². The SMILES string of the molecule is CC1CC(C(C2CCC(N=C=O)C(C)C2)C2(N=C=O)CCC(N=C=O)CC2)CCC1N=C=O. The Kier molecular flexibility index (Phi) is 8.83. The molecule has 0 amide bonds. The summed E-state index contributed by atoms with van der Waals surface area (Å²) in [4.78, 5) is 60.6. The molecule has 3 aliphatic rings. The zero-order valence-corrected chi connectivity index (χ0v) is 19.6. The normalized spacial score (nSPS) is 39.5. The minimum atomic E-state index is -0.521. The van der Waals surface area contributed by atoms with Crippen molar-refractivity contribution in [3.63, 3.8) is 0 Å². The van der Waals surface area contributed by atoms with Crippen LogP contribution in [-0.2, 0) is 19.2 Å². The Balaban J connectivity index is 1.92. The molecule has 3 aliphatic carbocycles. The van der Waals surface area contributed by atoms with Gasteiger partial charge in [0.2, 0.25) is 24.3 Å². The second kappa shape index (κ2) is 11.6. The van der Waals surface area contributed by atoms with E-state index in [2.05, 4.69) is 33.8 Å². The molecule has 0 spiro atoms. The molecule has 8 nitrogen and oxygen atoms in total. The maximum Gasteiger partial charge on any atom is 0.235 e. The Hall–Kier alpha value is -2.48. The van der Waals surface area contributed by atoms with Gasteiger partial charge < -0.3 is 0 Å². The summed E-state index contributed by atoms with van der Waals surface area (Å²) in [5.74, 6) is 1.41. The topological polar surface area (TPSA) is 118 Å². The third-order valence-corrected chi connectivity index (χ3v) is 8.73. The monoisotopic (exact) mass is 454 g/mol. The number of rotatable bonds is 7. The molecule has 0 aromatic carbocycles. The van der Waals surface area contributed by atoms with Gasteiger partial charge in [-0.3, -0.25) is 0 Å². The highest BCUT2D eigenvalue weighted by Gasteiger charge is 2.51. The summed E-state index contributed by atoms with van der Waals surface area (Å²) in [7, 11) is 0. The van der Waals surface area contributed by atoms with Crippen LogP contribution in [0.25, 0.3) is 0 Å². The third kappa shape index (κ3) is 5.72. The highest BCUT2D eigenvalue weighted by Crippen LogP contribution is 2.53. The van der Waals surface area contributed by atoms with E-state index in [1.807, 2.05) is 6.08 Å². The van der Waals surface area contributed by atoms with Crippen molar-refractivity contribution < 1.29 is 19.2 Å². The first-order chi connectivity index (χ1) is 16.0. The number of aliphatic imine (C=N–C) groups is 4. The standard InChI is InChI=1S/C25H34N4O4/c1-17-11-19(3-5-22(17)27-14-31)24(20-4-6-23(28-15-32)18(2)12-20)25(29-16-33)9-7-21(8-10-25)26-13-30/h17-24H,3-12H2,1-2H3. The Morgan fingerprint density at radius 2 is 1.15 bits per heavy atom. The van der Waals surface area contributed by atoms with Crippen LogP contribution in [0.2, 0.25) is 0 Å². The first-order valence-corrected chi connectivity index (χ1v) is 12.3. The van der Waals surface area contributed by atoms with Crippen LogP contribution in [0.3, 0.4) is 0 Å². The van der Waals surface area contributed by atoms with E-state index in [-0.39, 0.29) is 35.9 Å². The van der Waals surface area contributed by atoms with E-state index >= 15 is 0 Å². The van der Waals surface area contributed by atoms with Crippen molar-refractivity contribution in [2.75, 3.05) is 0 Å². The fraction of sp³-hybridized carbons (Fsp3) is 0.840. The maximum atomic E-state index is 11.7. The lowest BCUT2D eigenvalue weighted by molar-refractivity contribution is 0.0200. The van der Waals surface area contributed by atoms with Gasteiger partial charge in [0.05, 0.1) is 23.7 Å². The number of isocyanates is 4. The van der Waals surface area contributed by atoms with E-state index in [1.165, 1.54) is 0 Å². The van der Waals surface area contributed by atoms with Crippen LogP contribution in [0.1, 0.15) is 78.1 Å². The summed E-state index contributed by atoms with van der Waals surface area (Å²) in [6.07, 6.45) is 15.2. The smallest absolute Gasteiger partial charge is 0.211 e. The average Bonchev–Trinajstić information content (AvgIpc) is 2.80. The predicted molar refractivity (Wildman–Crippen MR) is 122 cm³/mol. The molecular weight excluding hydrogens is 420 g/mol. The van der Waals surface area contributed by atoms with E-state index in [9.17, 15) is 19.2 Å². The van der Waals surface area contributed by atoms with E-state index in [1.54, 1.807) is 18.2 Å². The summed E-state index contributed by atoms with van der Waals surface area (Å²) >= 11 is 0. The van der Waals surface area contributed by atoms with Crippen LogP contribution in [0.15, 0.2) is 20.0 Å². The molecule has 0 N–H and O–H groups in total. The van der Waals surface area contributed by atoms with Crippen LogP contribution >= 0.6 is 0 Å². The fourth-order valence-corrected chi connectivity index (χ4v) is 7.19. The van der Waals surface area contributed by atoms with Gasteiger partial charge >= 0.3 is 0 Å². The highest BCUT2D eigenvalue weighted by molar-refractivity contribution is 5.36. The van der Waals surface area contributed by atoms with Gasteiger partial charge in [-0.2, -0.15) is 4.99 Å². The summed E-state index contributed by atoms with van der Waals surface area (Å²) in [5, 5.41) is 0. The summed E-state index contributed by atoms with van der Waals surface area (Å²) in [5.41, 5.74) is -0.521. The maximum absolute atomic E-state index is 11.7. The number of hydrogen-bond acceptors (Lipinski definition) is 8. The molecule has 0 heterocycles. The van der Waals surface area contributed by atoms with Crippen LogP contribution in [-0.4, -0.2) is 48.0 Å². The van der Waals surface area contributed by atoms with E-state index < -0.39 is 5.54 Å². The molecule has 0 saturated heterocycles. The molecule has 3 fully saturated rings. The molecule has 0 radical (unpaired) electrons.